The Bertz CT molecular complexity index is 1140. The highest BCUT2D eigenvalue weighted by Crippen LogP contribution is 2.22. The number of benzene rings is 3. The number of ketones is 1. The summed E-state index contributed by atoms with van der Waals surface area (Å²) in [5, 5.41) is 0. The summed E-state index contributed by atoms with van der Waals surface area (Å²) in [4.78, 5) is 23.6. The molecule has 0 bridgehead atoms. The number of rotatable bonds is 6. The van der Waals surface area contributed by atoms with E-state index in [1.807, 2.05) is 6.07 Å². The zero-order valence-electron chi connectivity index (χ0n) is 15.0. The summed E-state index contributed by atoms with van der Waals surface area (Å²) < 4.78 is 30.1. The minimum Gasteiger partial charge on any atom is -0.379 e. The Morgan fingerprint density at radius 2 is 1.46 bits per heavy atom. The Morgan fingerprint density at radius 1 is 0.857 bits per heavy atom. The number of hydrogen-bond donors (Lipinski definition) is 1. The molecule has 0 spiro atoms. The van der Waals surface area contributed by atoms with E-state index >= 15 is 0 Å². The molecule has 0 atom stereocenters. The summed E-state index contributed by atoms with van der Waals surface area (Å²) in [5.41, 5.74) is 6.87. The summed E-state index contributed by atoms with van der Waals surface area (Å²) in [6.45, 7) is 1.65. The lowest BCUT2D eigenvalue weighted by molar-refractivity contribution is 0.0997. The smallest absolute Gasteiger partial charge is 0.339 e. The van der Waals surface area contributed by atoms with E-state index in [0.717, 1.165) is 0 Å². The molecule has 3 aromatic carbocycles. The molecule has 1 amide bonds. The molecule has 0 saturated carbocycles. The first kappa shape index (κ1) is 19.3. The highest BCUT2D eigenvalue weighted by Gasteiger charge is 2.19. The van der Waals surface area contributed by atoms with Gasteiger partial charge >= 0.3 is 10.1 Å². The Morgan fingerprint density at radius 3 is 2.07 bits per heavy atom. The van der Waals surface area contributed by atoms with Crippen LogP contribution in [0.2, 0.25) is 0 Å². The summed E-state index contributed by atoms with van der Waals surface area (Å²) >= 11 is 0. The molecule has 0 aliphatic carbocycles. The SMILES string of the molecule is Cc1ccc(S(=O)(=O)Oc2ccc(C(=O)c3ccccc3)cc2)cc1C(N)=O. The van der Waals surface area contributed by atoms with Gasteiger partial charge in [-0.25, -0.2) is 0 Å². The number of nitrogens with two attached hydrogens (primary N) is 1. The predicted octanol–water partition coefficient (Wildman–Crippen LogP) is 3.09. The molecular weight excluding hydrogens is 378 g/mol. The van der Waals surface area contributed by atoms with Gasteiger partial charge in [-0.05, 0) is 48.9 Å². The van der Waals surface area contributed by atoms with E-state index < -0.39 is 16.0 Å². The second-order valence-corrected chi connectivity index (χ2v) is 7.64. The van der Waals surface area contributed by atoms with Gasteiger partial charge in [0.15, 0.2) is 5.78 Å². The minimum absolute atomic E-state index is 0.0470. The summed E-state index contributed by atoms with van der Waals surface area (Å²) in [6, 6.07) is 18.5. The molecule has 0 saturated heterocycles. The number of aryl methyl sites for hydroxylation is 1. The van der Waals surface area contributed by atoms with Crippen molar-refractivity contribution in [2.75, 3.05) is 0 Å². The van der Waals surface area contributed by atoms with Crippen molar-refractivity contribution in [3.63, 3.8) is 0 Å². The van der Waals surface area contributed by atoms with E-state index in [9.17, 15) is 18.0 Å². The quantitative estimate of drug-likeness (QED) is 0.510. The molecule has 28 heavy (non-hydrogen) atoms. The van der Waals surface area contributed by atoms with Crippen LogP contribution in [-0.2, 0) is 10.1 Å². The average molecular weight is 395 g/mol. The molecule has 3 rings (SSSR count). The van der Waals surface area contributed by atoms with E-state index in [0.29, 0.717) is 16.7 Å². The van der Waals surface area contributed by atoms with Crippen LogP contribution in [0.15, 0.2) is 77.7 Å². The van der Waals surface area contributed by atoms with Crippen LogP contribution < -0.4 is 9.92 Å². The lowest BCUT2D eigenvalue weighted by Crippen LogP contribution is -2.15. The van der Waals surface area contributed by atoms with Gasteiger partial charge < -0.3 is 9.92 Å². The summed E-state index contributed by atoms with van der Waals surface area (Å²) in [7, 11) is -4.16. The van der Waals surface area contributed by atoms with Crippen molar-refractivity contribution in [2.24, 2.45) is 5.73 Å². The maximum absolute atomic E-state index is 12.5. The molecule has 2 N–H and O–H groups in total. The number of hydrogen-bond acceptors (Lipinski definition) is 5. The lowest BCUT2D eigenvalue weighted by Gasteiger charge is -2.09. The van der Waals surface area contributed by atoms with Crippen molar-refractivity contribution < 1.29 is 22.2 Å². The average Bonchev–Trinajstić information content (AvgIpc) is 2.68. The Hall–Kier alpha value is -3.45. The van der Waals surface area contributed by atoms with E-state index in [1.165, 1.54) is 42.5 Å². The van der Waals surface area contributed by atoms with Crippen LogP contribution in [-0.4, -0.2) is 20.1 Å². The van der Waals surface area contributed by atoms with Crippen molar-refractivity contribution in [3.05, 3.63) is 95.1 Å². The Kier molecular flexibility index (Phi) is 5.28. The van der Waals surface area contributed by atoms with Gasteiger partial charge in [-0.1, -0.05) is 36.4 Å². The van der Waals surface area contributed by atoms with Gasteiger partial charge in [-0.3, -0.25) is 9.59 Å². The molecule has 142 valence electrons. The zero-order chi connectivity index (χ0) is 20.3. The second-order valence-electron chi connectivity index (χ2n) is 6.10. The first-order valence-corrected chi connectivity index (χ1v) is 9.73. The van der Waals surface area contributed by atoms with Crippen LogP contribution in [0.25, 0.3) is 0 Å². The van der Waals surface area contributed by atoms with Gasteiger partial charge in [0.1, 0.15) is 10.6 Å². The summed E-state index contributed by atoms with van der Waals surface area (Å²) in [6.07, 6.45) is 0. The first-order chi connectivity index (χ1) is 13.3. The highest BCUT2D eigenvalue weighted by atomic mass is 32.2. The number of carbonyl (C=O) groups excluding carboxylic acids is 2. The fourth-order valence-electron chi connectivity index (χ4n) is 2.61. The topological polar surface area (TPSA) is 104 Å². The van der Waals surface area contributed by atoms with Gasteiger partial charge in [0, 0.05) is 16.7 Å². The van der Waals surface area contributed by atoms with Crippen molar-refractivity contribution in [1.82, 2.24) is 0 Å². The van der Waals surface area contributed by atoms with Crippen LogP contribution in [0.5, 0.6) is 5.75 Å². The van der Waals surface area contributed by atoms with Crippen LogP contribution in [0, 0.1) is 6.92 Å². The van der Waals surface area contributed by atoms with Gasteiger partial charge in [-0.15, -0.1) is 0 Å². The molecular formula is C21H17NO5S. The molecule has 7 heteroatoms. The van der Waals surface area contributed by atoms with Crippen LogP contribution >= 0.6 is 0 Å². The van der Waals surface area contributed by atoms with Gasteiger partial charge in [0.05, 0.1) is 0 Å². The van der Waals surface area contributed by atoms with Crippen molar-refractivity contribution in [3.8, 4) is 5.75 Å². The molecule has 3 aromatic rings. The van der Waals surface area contributed by atoms with Gasteiger partial charge in [-0.2, -0.15) is 8.42 Å². The van der Waals surface area contributed by atoms with E-state index in [-0.39, 0.29) is 22.0 Å². The van der Waals surface area contributed by atoms with Crippen molar-refractivity contribution >= 4 is 21.8 Å². The van der Waals surface area contributed by atoms with Crippen LogP contribution in [0.1, 0.15) is 31.8 Å². The molecule has 0 aliphatic heterocycles. The highest BCUT2D eigenvalue weighted by molar-refractivity contribution is 7.87. The summed E-state index contributed by atoms with van der Waals surface area (Å²) in [5.74, 6) is -0.858. The maximum Gasteiger partial charge on any atom is 0.339 e. The fourth-order valence-corrected chi connectivity index (χ4v) is 3.57. The third-order valence-corrected chi connectivity index (χ3v) is 5.36. The number of amides is 1. The predicted molar refractivity (Wildman–Crippen MR) is 104 cm³/mol. The normalized spacial score (nSPS) is 11.0. The van der Waals surface area contributed by atoms with Crippen LogP contribution in [0.4, 0.5) is 0 Å². The van der Waals surface area contributed by atoms with E-state index in [4.69, 9.17) is 9.92 Å². The molecule has 0 fully saturated rings. The van der Waals surface area contributed by atoms with Crippen molar-refractivity contribution in [1.29, 1.82) is 0 Å². The maximum atomic E-state index is 12.5. The third kappa shape index (κ3) is 4.10. The fraction of sp³-hybridized carbons (Fsp3) is 0.0476. The van der Waals surface area contributed by atoms with Gasteiger partial charge in [0.25, 0.3) is 0 Å². The molecule has 0 radical (unpaired) electrons. The Labute approximate surface area is 162 Å². The van der Waals surface area contributed by atoms with Gasteiger partial charge in [0.2, 0.25) is 5.91 Å². The minimum atomic E-state index is -4.16. The Balaban J connectivity index is 1.83. The molecule has 0 aromatic heterocycles. The zero-order valence-corrected chi connectivity index (χ0v) is 15.8. The van der Waals surface area contributed by atoms with E-state index in [2.05, 4.69) is 0 Å². The number of carbonyl (C=O) groups is 2. The van der Waals surface area contributed by atoms with E-state index in [1.54, 1.807) is 31.2 Å². The van der Waals surface area contributed by atoms with Crippen molar-refractivity contribution in [2.45, 2.75) is 11.8 Å². The number of primary amides is 1. The second kappa shape index (κ2) is 7.66. The molecule has 0 heterocycles. The lowest BCUT2D eigenvalue weighted by atomic mass is 10.0. The largest absolute Gasteiger partial charge is 0.379 e. The molecule has 6 nitrogen and oxygen atoms in total. The third-order valence-electron chi connectivity index (χ3n) is 4.12. The molecule has 0 aliphatic rings. The van der Waals surface area contributed by atoms with Crippen LogP contribution in [0.3, 0.4) is 0 Å². The monoisotopic (exact) mass is 395 g/mol. The standard InChI is InChI=1S/C21H17NO5S/c1-14-7-12-18(13-19(14)21(22)24)28(25,26)27-17-10-8-16(9-11-17)20(23)15-5-3-2-4-6-15/h2-13H,1H3,(H2,22,24). The first-order valence-electron chi connectivity index (χ1n) is 8.33. The molecule has 0 unspecified atom stereocenters.